The fourth-order valence-electron chi connectivity index (χ4n) is 2.48. The van der Waals surface area contributed by atoms with Gasteiger partial charge in [-0.25, -0.2) is 4.79 Å². The van der Waals surface area contributed by atoms with E-state index in [0.717, 1.165) is 5.56 Å². The minimum atomic E-state index is -0.943. The van der Waals surface area contributed by atoms with E-state index < -0.39 is 5.97 Å². The van der Waals surface area contributed by atoms with Crippen molar-refractivity contribution < 1.29 is 14.7 Å². The number of hydrogen-bond acceptors (Lipinski definition) is 2. The minimum Gasteiger partial charge on any atom is -0.478 e. The van der Waals surface area contributed by atoms with Crippen LogP contribution in [0, 0.1) is 6.92 Å². The Labute approximate surface area is 142 Å². The lowest BCUT2D eigenvalue weighted by Crippen LogP contribution is -2.23. The first-order chi connectivity index (χ1) is 11.2. The number of carbonyl (C=O) groups excluding carboxylic acids is 1. The average Bonchev–Trinajstić information content (AvgIpc) is 2.51. The molecular weight excluding hydrogens is 302 g/mol. The van der Waals surface area contributed by atoms with Gasteiger partial charge in [0.25, 0.3) is 5.91 Å². The molecule has 0 aromatic heterocycles. The van der Waals surface area contributed by atoms with E-state index >= 15 is 0 Å². The highest BCUT2D eigenvalue weighted by Crippen LogP contribution is 2.22. The van der Waals surface area contributed by atoms with E-state index in [0.29, 0.717) is 17.7 Å². The van der Waals surface area contributed by atoms with Gasteiger partial charge in [0.2, 0.25) is 0 Å². The highest BCUT2D eigenvalue weighted by Gasteiger charge is 2.14. The molecule has 0 unspecified atom stereocenters. The zero-order valence-corrected chi connectivity index (χ0v) is 14.5. The number of benzene rings is 2. The molecule has 1 amide bonds. The van der Waals surface area contributed by atoms with Gasteiger partial charge in [0, 0.05) is 12.1 Å². The standard InChI is InChI=1S/C20H23NO3/c1-13-11-14(5-10-17(13)19(23)24)12-21-18(22)15-6-8-16(9-7-15)20(2,3)4/h5-11H,12H2,1-4H3,(H,21,22)(H,23,24). The van der Waals surface area contributed by atoms with Crippen LogP contribution in [-0.2, 0) is 12.0 Å². The van der Waals surface area contributed by atoms with Crippen LogP contribution in [0.15, 0.2) is 42.5 Å². The van der Waals surface area contributed by atoms with Gasteiger partial charge in [-0.1, -0.05) is 45.0 Å². The first-order valence-corrected chi connectivity index (χ1v) is 7.90. The van der Waals surface area contributed by atoms with Crippen molar-refractivity contribution in [2.75, 3.05) is 0 Å². The smallest absolute Gasteiger partial charge is 0.335 e. The number of nitrogens with one attached hydrogen (secondary N) is 1. The van der Waals surface area contributed by atoms with Crippen molar-refractivity contribution in [3.05, 3.63) is 70.3 Å². The van der Waals surface area contributed by atoms with Crippen LogP contribution >= 0.6 is 0 Å². The fourth-order valence-corrected chi connectivity index (χ4v) is 2.48. The van der Waals surface area contributed by atoms with Crippen LogP contribution in [0.4, 0.5) is 0 Å². The number of aromatic carboxylic acids is 1. The Hall–Kier alpha value is -2.62. The van der Waals surface area contributed by atoms with Crippen LogP contribution in [-0.4, -0.2) is 17.0 Å². The van der Waals surface area contributed by atoms with Crippen LogP contribution in [0.2, 0.25) is 0 Å². The van der Waals surface area contributed by atoms with E-state index in [2.05, 4.69) is 26.1 Å². The Morgan fingerprint density at radius 2 is 1.67 bits per heavy atom. The number of carbonyl (C=O) groups is 2. The highest BCUT2D eigenvalue weighted by molar-refractivity contribution is 5.94. The molecule has 0 radical (unpaired) electrons. The number of aryl methyl sites for hydroxylation is 1. The molecule has 0 spiro atoms. The van der Waals surface area contributed by atoms with Crippen molar-refractivity contribution >= 4 is 11.9 Å². The van der Waals surface area contributed by atoms with E-state index in [1.54, 1.807) is 25.1 Å². The summed E-state index contributed by atoms with van der Waals surface area (Å²) < 4.78 is 0. The third-order valence-electron chi connectivity index (χ3n) is 3.99. The number of amides is 1. The van der Waals surface area contributed by atoms with E-state index in [1.807, 2.05) is 24.3 Å². The molecule has 4 nitrogen and oxygen atoms in total. The number of carboxylic acids is 1. The molecule has 4 heteroatoms. The van der Waals surface area contributed by atoms with Crippen molar-refractivity contribution in [2.24, 2.45) is 0 Å². The molecule has 0 heterocycles. The quantitative estimate of drug-likeness (QED) is 0.895. The number of carboxylic acid groups (broad SMARTS) is 1. The summed E-state index contributed by atoms with van der Waals surface area (Å²) in [7, 11) is 0. The summed E-state index contributed by atoms with van der Waals surface area (Å²) >= 11 is 0. The molecule has 0 bridgehead atoms. The molecule has 24 heavy (non-hydrogen) atoms. The third kappa shape index (κ3) is 4.22. The second kappa shape index (κ2) is 6.87. The lowest BCUT2D eigenvalue weighted by atomic mass is 9.87. The van der Waals surface area contributed by atoms with Gasteiger partial charge >= 0.3 is 5.97 Å². The van der Waals surface area contributed by atoms with E-state index in [4.69, 9.17) is 5.11 Å². The van der Waals surface area contributed by atoms with Crippen LogP contribution in [0.3, 0.4) is 0 Å². The zero-order valence-electron chi connectivity index (χ0n) is 14.5. The Morgan fingerprint density at radius 1 is 1.04 bits per heavy atom. The minimum absolute atomic E-state index is 0.0540. The van der Waals surface area contributed by atoms with Gasteiger partial charge in [0.15, 0.2) is 0 Å². The third-order valence-corrected chi connectivity index (χ3v) is 3.99. The molecule has 2 rings (SSSR count). The lowest BCUT2D eigenvalue weighted by molar-refractivity contribution is 0.0695. The molecule has 2 aromatic carbocycles. The molecule has 0 saturated heterocycles. The topological polar surface area (TPSA) is 66.4 Å². The van der Waals surface area contributed by atoms with Gasteiger partial charge in [-0.3, -0.25) is 4.79 Å². The molecule has 0 aliphatic heterocycles. The maximum atomic E-state index is 12.2. The Balaban J connectivity index is 2.03. The van der Waals surface area contributed by atoms with Gasteiger partial charge in [-0.15, -0.1) is 0 Å². The second-order valence-electron chi connectivity index (χ2n) is 6.96. The highest BCUT2D eigenvalue weighted by atomic mass is 16.4. The van der Waals surface area contributed by atoms with Crippen LogP contribution in [0.5, 0.6) is 0 Å². The van der Waals surface area contributed by atoms with Gasteiger partial charge in [0.1, 0.15) is 0 Å². The van der Waals surface area contributed by atoms with Crippen molar-refractivity contribution in [1.29, 1.82) is 0 Å². The normalized spacial score (nSPS) is 11.2. The Morgan fingerprint density at radius 3 is 2.17 bits per heavy atom. The lowest BCUT2D eigenvalue weighted by Gasteiger charge is -2.19. The predicted octanol–water partition coefficient (Wildman–Crippen LogP) is 3.92. The van der Waals surface area contributed by atoms with Gasteiger partial charge < -0.3 is 10.4 Å². The molecule has 2 N–H and O–H groups in total. The molecule has 126 valence electrons. The first kappa shape index (κ1) is 17.7. The average molecular weight is 325 g/mol. The first-order valence-electron chi connectivity index (χ1n) is 7.90. The molecule has 2 aromatic rings. The maximum Gasteiger partial charge on any atom is 0.335 e. The van der Waals surface area contributed by atoms with Gasteiger partial charge in [0.05, 0.1) is 5.56 Å². The van der Waals surface area contributed by atoms with Crippen molar-refractivity contribution in [3.8, 4) is 0 Å². The summed E-state index contributed by atoms with van der Waals surface area (Å²) in [4.78, 5) is 23.2. The van der Waals surface area contributed by atoms with Crippen molar-refractivity contribution in [3.63, 3.8) is 0 Å². The molecule has 0 saturated carbocycles. The van der Waals surface area contributed by atoms with E-state index in [9.17, 15) is 9.59 Å². The summed E-state index contributed by atoms with van der Waals surface area (Å²) in [5.74, 6) is -1.09. The molecule has 0 fully saturated rings. The molecule has 0 aliphatic carbocycles. The van der Waals surface area contributed by atoms with Crippen molar-refractivity contribution in [1.82, 2.24) is 5.32 Å². The van der Waals surface area contributed by atoms with E-state index in [1.165, 1.54) is 5.56 Å². The fraction of sp³-hybridized carbons (Fsp3) is 0.300. The Kier molecular flexibility index (Phi) is 5.07. The monoisotopic (exact) mass is 325 g/mol. The van der Waals surface area contributed by atoms with E-state index in [-0.39, 0.29) is 16.9 Å². The van der Waals surface area contributed by atoms with Crippen LogP contribution in [0.25, 0.3) is 0 Å². The van der Waals surface area contributed by atoms with Crippen LogP contribution < -0.4 is 5.32 Å². The number of hydrogen-bond donors (Lipinski definition) is 2. The summed E-state index contributed by atoms with van der Waals surface area (Å²) in [6, 6.07) is 12.7. The SMILES string of the molecule is Cc1cc(CNC(=O)c2ccc(C(C)(C)C)cc2)ccc1C(=O)O. The van der Waals surface area contributed by atoms with Crippen LogP contribution in [0.1, 0.15) is 58.2 Å². The zero-order chi connectivity index (χ0) is 17.9. The Bertz CT molecular complexity index is 755. The molecule has 0 aliphatic rings. The molecule has 0 atom stereocenters. The molecular formula is C20H23NO3. The number of rotatable bonds is 4. The largest absolute Gasteiger partial charge is 0.478 e. The predicted molar refractivity (Wildman–Crippen MR) is 94.5 cm³/mol. The second-order valence-corrected chi connectivity index (χ2v) is 6.96. The summed E-state index contributed by atoms with van der Waals surface area (Å²) in [6.45, 7) is 8.50. The van der Waals surface area contributed by atoms with Gasteiger partial charge in [-0.2, -0.15) is 0 Å². The maximum absolute atomic E-state index is 12.2. The van der Waals surface area contributed by atoms with Crippen molar-refractivity contribution in [2.45, 2.75) is 39.7 Å². The summed E-state index contributed by atoms with van der Waals surface area (Å²) in [5, 5.41) is 11.9. The summed E-state index contributed by atoms with van der Waals surface area (Å²) in [6.07, 6.45) is 0. The summed E-state index contributed by atoms with van der Waals surface area (Å²) in [5.41, 5.74) is 3.68. The van der Waals surface area contributed by atoms with Gasteiger partial charge in [-0.05, 0) is 47.2 Å².